The Morgan fingerprint density at radius 1 is 1.16 bits per heavy atom. The van der Waals surface area contributed by atoms with Gasteiger partial charge in [-0.1, -0.05) is 12.1 Å². The molecule has 2 aromatic carbocycles. The van der Waals surface area contributed by atoms with E-state index in [0.717, 1.165) is 0 Å². The van der Waals surface area contributed by atoms with Crippen LogP contribution in [-0.2, 0) is 14.3 Å². The van der Waals surface area contributed by atoms with Gasteiger partial charge in [-0.15, -0.1) is 0 Å². The minimum Gasteiger partial charge on any atom is -0.493 e. The number of hydrogen-bond donors (Lipinski definition) is 1. The van der Waals surface area contributed by atoms with E-state index >= 15 is 0 Å². The fourth-order valence-electron chi connectivity index (χ4n) is 3.03. The number of carboxylic acid groups (broad SMARTS) is 1. The van der Waals surface area contributed by atoms with Gasteiger partial charge in [-0.3, -0.25) is 4.79 Å². The Labute approximate surface area is 184 Å². The van der Waals surface area contributed by atoms with Crippen LogP contribution in [0.2, 0.25) is 0 Å². The van der Waals surface area contributed by atoms with E-state index in [2.05, 4.69) is 5.10 Å². The zero-order chi connectivity index (χ0) is 23.3. The first-order valence-corrected chi connectivity index (χ1v) is 9.75. The molecule has 0 atom stereocenters. The Morgan fingerprint density at radius 2 is 1.94 bits per heavy atom. The molecule has 3 rings (SSSR count). The van der Waals surface area contributed by atoms with E-state index in [0.29, 0.717) is 34.0 Å². The molecule has 32 heavy (non-hydrogen) atoms. The molecule has 0 saturated heterocycles. The lowest BCUT2D eigenvalue weighted by Gasteiger charge is -2.12. The number of nitrogens with zero attached hydrogens (tertiary/aromatic N) is 2. The smallest absolute Gasteiger partial charge is 0.344 e. The van der Waals surface area contributed by atoms with E-state index in [1.54, 1.807) is 50.3 Å². The van der Waals surface area contributed by atoms with Crippen LogP contribution in [0.4, 0.5) is 5.69 Å². The van der Waals surface area contributed by atoms with Crippen LogP contribution >= 0.6 is 0 Å². The molecule has 1 N–H and O–H groups in total. The lowest BCUT2D eigenvalue weighted by molar-refractivity contribution is -0.145. The molecule has 9 heteroatoms. The van der Waals surface area contributed by atoms with Gasteiger partial charge in [-0.25, -0.2) is 9.59 Å². The second kappa shape index (κ2) is 9.78. The molecule has 2 aromatic rings. The summed E-state index contributed by atoms with van der Waals surface area (Å²) in [6, 6.07) is 11.0. The summed E-state index contributed by atoms with van der Waals surface area (Å²) >= 11 is 0. The lowest BCUT2D eigenvalue weighted by atomic mass is 10.1. The molecular weight excluding hydrogens is 416 g/mol. The number of amides is 1. The summed E-state index contributed by atoms with van der Waals surface area (Å²) in [5, 5.41) is 14.6. The predicted molar refractivity (Wildman–Crippen MR) is 117 cm³/mol. The molecule has 1 aliphatic heterocycles. The van der Waals surface area contributed by atoms with Crippen molar-refractivity contribution >= 4 is 35.3 Å². The number of anilines is 1. The molecule has 1 heterocycles. The Morgan fingerprint density at radius 3 is 2.62 bits per heavy atom. The molecule has 0 aromatic heterocycles. The van der Waals surface area contributed by atoms with E-state index in [1.165, 1.54) is 24.3 Å². The van der Waals surface area contributed by atoms with Crippen LogP contribution in [0, 0.1) is 0 Å². The first kappa shape index (κ1) is 22.5. The summed E-state index contributed by atoms with van der Waals surface area (Å²) in [6.07, 6.45) is 1.65. The van der Waals surface area contributed by atoms with Crippen molar-refractivity contribution in [2.75, 3.05) is 25.3 Å². The lowest BCUT2D eigenvalue weighted by Crippen LogP contribution is -2.21. The Hall–Kier alpha value is -4.14. The molecule has 0 unspecified atom stereocenters. The van der Waals surface area contributed by atoms with Crippen LogP contribution in [0.1, 0.15) is 29.8 Å². The van der Waals surface area contributed by atoms with Gasteiger partial charge in [0.2, 0.25) is 0 Å². The third-order valence-corrected chi connectivity index (χ3v) is 4.55. The van der Waals surface area contributed by atoms with Gasteiger partial charge >= 0.3 is 11.9 Å². The Balaban J connectivity index is 1.83. The Bertz CT molecular complexity index is 1120. The summed E-state index contributed by atoms with van der Waals surface area (Å²) in [5.74, 6) is -1.22. The maximum Gasteiger partial charge on any atom is 0.344 e. The number of hydrogen-bond acceptors (Lipinski definition) is 7. The number of ether oxygens (including phenoxy) is 3. The summed E-state index contributed by atoms with van der Waals surface area (Å²) < 4.78 is 15.6. The van der Waals surface area contributed by atoms with Crippen molar-refractivity contribution < 1.29 is 33.7 Å². The van der Waals surface area contributed by atoms with Crippen LogP contribution in [0.5, 0.6) is 11.5 Å². The van der Waals surface area contributed by atoms with Crippen LogP contribution in [0.25, 0.3) is 6.08 Å². The van der Waals surface area contributed by atoms with Gasteiger partial charge in [0.05, 0.1) is 36.3 Å². The van der Waals surface area contributed by atoms with Crippen LogP contribution in [0.15, 0.2) is 53.1 Å². The minimum absolute atomic E-state index is 0.0590. The molecule has 0 spiro atoms. The maximum atomic E-state index is 13.0. The fourth-order valence-corrected chi connectivity index (χ4v) is 3.03. The normalized spacial score (nSPS) is 14.3. The van der Waals surface area contributed by atoms with E-state index in [9.17, 15) is 19.5 Å². The minimum atomic E-state index is -1.09. The van der Waals surface area contributed by atoms with Crippen LogP contribution in [0.3, 0.4) is 0 Å². The SMILES string of the molecule is CCOC(=O)COc1ccc(C=C2C(=O)N(c3cccc(C(=O)O)c3)N=C2C)cc1OC. The molecular formula is C23H22N2O7. The van der Waals surface area contributed by atoms with Crippen molar-refractivity contribution in [3.63, 3.8) is 0 Å². The molecule has 0 radical (unpaired) electrons. The average Bonchev–Trinajstić information content (AvgIpc) is 3.06. The number of carbonyl (C=O) groups is 3. The standard InChI is InChI=1S/C23H22N2O7/c1-4-31-21(26)13-32-19-9-8-15(11-20(19)30-3)10-18-14(2)24-25(22(18)27)17-7-5-6-16(12-17)23(28)29/h5-12H,4,13H2,1-3H3,(H,28,29). The largest absolute Gasteiger partial charge is 0.493 e. The topological polar surface area (TPSA) is 115 Å². The third-order valence-electron chi connectivity index (χ3n) is 4.55. The molecule has 9 nitrogen and oxygen atoms in total. The number of benzene rings is 2. The first-order chi connectivity index (χ1) is 15.3. The monoisotopic (exact) mass is 438 g/mol. The van der Waals surface area contributed by atoms with Gasteiger partial charge in [0.1, 0.15) is 0 Å². The van der Waals surface area contributed by atoms with Crippen molar-refractivity contribution in [2.45, 2.75) is 13.8 Å². The van der Waals surface area contributed by atoms with E-state index < -0.39 is 11.9 Å². The highest BCUT2D eigenvalue weighted by Crippen LogP contribution is 2.31. The highest BCUT2D eigenvalue weighted by molar-refractivity contribution is 6.32. The van der Waals surface area contributed by atoms with Crippen LogP contribution in [-0.4, -0.2) is 49.0 Å². The van der Waals surface area contributed by atoms with E-state index in [4.69, 9.17) is 14.2 Å². The predicted octanol–water partition coefficient (Wildman–Crippen LogP) is 3.14. The zero-order valence-electron chi connectivity index (χ0n) is 17.8. The second-order valence-corrected chi connectivity index (χ2v) is 6.72. The molecule has 0 saturated carbocycles. The number of rotatable bonds is 8. The summed E-state index contributed by atoms with van der Waals surface area (Å²) in [6.45, 7) is 3.41. The maximum absolute atomic E-state index is 13.0. The summed E-state index contributed by atoms with van der Waals surface area (Å²) in [7, 11) is 1.47. The molecule has 166 valence electrons. The molecule has 0 bridgehead atoms. The molecule has 0 fully saturated rings. The second-order valence-electron chi connectivity index (χ2n) is 6.72. The third kappa shape index (κ3) is 4.94. The van der Waals surface area contributed by atoms with Crippen molar-refractivity contribution in [1.82, 2.24) is 0 Å². The number of aromatic carboxylic acids is 1. The van der Waals surface area contributed by atoms with Gasteiger partial charge < -0.3 is 19.3 Å². The van der Waals surface area contributed by atoms with Gasteiger partial charge in [0.25, 0.3) is 5.91 Å². The first-order valence-electron chi connectivity index (χ1n) is 9.75. The summed E-state index contributed by atoms with van der Waals surface area (Å²) in [5.41, 5.74) is 1.91. The molecule has 1 amide bonds. The van der Waals surface area contributed by atoms with Crippen molar-refractivity contribution in [2.24, 2.45) is 5.10 Å². The van der Waals surface area contributed by atoms with E-state index in [-0.39, 0.29) is 24.7 Å². The molecule has 1 aliphatic rings. The zero-order valence-corrected chi connectivity index (χ0v) is 17.8. The Kier molecular flexibility index (Phi) is 6.89. The quantitative estimate of drug-likeness (QED) is 0.497. The van der Waals surface area contributed by atoms with Crippen molar-refractivity contribution in [1.29, 1.82) is 0 Å². The number of esters is 1. The molecule has 0 aliphatic carbocycles. The highest BCUT2D eigenvalue weighted by atomic mass is 16.6. The fraction of sp³-hybridized carbons (Fsp3) is 0.217. The van der Waals surface area contributed by atoms with Gasteiger partial charge in [0.15, 0.2) is 18.1 Å². The van der Waals surface area contributed by atoms with Crippen molar-refractivity contribution in [3.8, 4) is 11.5 Å². The van der Waals surface area contributed by atoms with Gasteiger partial charge in [-0.05, 0) is 55.8 Å². The van der Waals surface area contributed by atoms with E-state index in [1.807, 2.05) is 0 Å². The van der Waals surface area contributed by atoms with Gasteiger partial charge in [0, 0.05) is 0 Å². The van der Waals surface area contributed by atoms with Gasteiger partial charge in [-0.2, -0.15) is 10.1 Å². The number of hydrazone groups is 1. The van der Waals surface area contributed by atoms with Crippen LogP contribution < -0.4 is 14.5 Å². The summed E-state index contributed by atoms with van der Waals surface area (Å²) in [4.78, 5) is 35.7. The number of methoxy groups -OCH3 is 1. The number of carbonyl (C=O) groups excluding carboxylic acids is 2. The highest BCUT2D eigenvalue weighted by Gasteiger charge is 2.29. The average molecular weight is 438 g/mol. The van der Waals surface area contributed by atoms with Crippen molar-refractivity contribution in [3.05, 3.63) is 59.2 Å². The number of carboxylic acids is 1.